The molecule has 1 fully saturated rings. The van der Waals surface area contributed by atoms with Gasteiger partial charge >= 0.3 is 0 Å². The Balaban J connectivity index is 2.08. The van der Waals surface area contributed by atoms with Gasteiger partial charge in [-0.3, -0.25) is 0 Å². The third-order valence-electron chi connectivity index (χ3n) is 3.01. The molecule has 3 heteroatoms. The van der Waals surface area contributed by atoms with Crippen LogP contribution in [0.2, 0.25) is 0 Å². The average molecular weight is 224 g/mol. The minimum atomic E-state index is 0.610. The molecule has 0 radical (unpaired) electrons. The molecular formula is C12H20N2S. The zero-order chi connectivity index (χ0) is 10.8. The van der Waals surface area contributed by atoms with Crippen molar-refractivity contribution in [2.75, 3.05) is 18.0 Å². The van der Waals surface area contributed by atoms with Crippen molar-refractivity contribution < 1.29 is 0 Å². The van der Waals surface area contributed by atoms with Gasteiger partial charge in [-0.15, -0.1) is 11.3 Å². The molecule has 15 heavy (non-hydrogen) atoms. The number of aromatic nitrogens is 1. The predicted molar refractivity (Wildman–Crippen MR) is 66.8 cm³/mol. The van der Waals surface area contributed by atoms with Gasteiger partial charge in [-0.2, -0.15) is 0 Å². The van der Waals surface area contributed by atoms with Crippen molar-refractivity contribution in [1.82, 2.24) is 4.98 Å². The number of rotatable bonds is 2. The van der Waals surface area contributed by atoms with Crippen molar-refractivity contribution >= 4 is 16.5 Å². The van der Waals surface area contributed by atoms with Crippen LogP contribution in [0.1, 0.15) is 44.4 Å². The van der Waals surface area contributed by atoms with Crippen molar-refractivity contribution in [2.24, 2.45) is 5.92 Å². The zero-order valence-electron chi connectivity index (χ0n) is 9.86. The van der Waals surface area contributed by atoms with Gasteiger partial charge in [0.1, 0.15) is 0 Å². The monoisotopic (exact) mass is 224 g/mol. The maximum absolute atomic E-state index is 4.54. The first-order valence-corrected chi connectivity index (χ1v) is 6.69. The molecular weight excluding hydrogens is 204 g/mol. The molecule has 0 aromatic carbocycles. The fourth-order valence-electron chi connectivity index (χ4n) is 2.05. The first-order valence-electron chi connectivity index (χ1n) is 5.87. The molecule has 2 rings (SSSR count). The van der Waals surface area contributed by atoms with Gasteiger partial charge < -0.3 is 4.90 Å². The van der Waals surface area contributed by atoms with E-state index in [9.17, 15) is 0 Å². The summed E-state index contributed by atoms with van der Waals surface area (Å²) in [5.41, 5.74) is 0. The summed E-state index contributed by atoms with van der Waals surface area (Å²) in [6.45, 7) is 9.18. The molecule has 2 heterocycles. The first kappa shape index (κ1) is 10.9. The maximum Gasteiger partial charge on any atom is 0.185 e. The van der Waals surface area contributed by atoms with Crippen molar-refractivity contribution in [3.05, 3.63) is 11.1 Å². The van der Waals surface area contributed by atoms with E-state index < -0.39 is 0 Å². The van der Waals surface area contributed by atoms with E-state index in [1.54, 1.807) is 0 Å². The average Bonchev–Trinajstić information content (AvgIpc) is 2.66. The van der Waals surface area contributed by atoms with Crippen LogP contribution in [0.15, 0.2) is 6.20 Å². The third-order valence-corrected chi connectivity index (χ3v) is 4.37. The van der Waals surface area contributed by atoms with Crippen LogP contribution < -0.4 is 4.90 Å². The molecule has 0 unspecified atom stereocenters. The van der Waals surface area contributed by atoms with Crippen molar-refractivity contribution in [3.8, 4) is 0 Å². The minimum absolute atomic E-state index is 0.610. The summed E-state index contributed by atoms with van der Waals surface area (Å²) in [6, 6.07) is 0. The molecule has 0 aliphatic carbocycles. The van der Waals surface area contributed by atoms with Crippen LogP contribution in [0, 0.1) is 5.92 Å². The SMILES string of the molecule is CC(C)c1cnc(N2CCC[C@@H](C)C2)s1. The highest BCUT2D eigenvalue weighted by molar-refractivity contribution is 7.15. The zero-order valence-corrected chi connectivity index (χ0v) is 10.7. The number of piperidine rings is 1. The molecule has 0 spiro atoms. The van der Waals surface area contributed by atoms with E-state index in [4.69, 9.17) is 0 Å². The summed E-state index contributed by atoms with van der Waals surface area (Å²) < 4.78 is 0. The first-order chi connectivity index (χ1) is 7.16. The Hall–Kier alpha value is -0.570. The summed E-state index contributed by atoms with van der Waals surface area (Å²) in [5.74, 6) is 1.43. The van der Waals surface area contributed by atoms with Crippen molar-refractivity contribution in [3.63, 3.8) is 0 Å². The quantitative estimate of drug-likeness (QED) is 0.764. The Morgan fingerprint density at radius 2 is 2.33 bits per heavy atom. The lowest BCUT2D eigenvalue weighted by atomic mass is 10.0. The highest BCUT2D eigenvalue weighted by atomic mass is 32.1. The highest BCUT2D eigenvalue weighted by Crippen LogP contribution is 2.30. The molecule has 1 aromatic heterocycles. The van der Waals surface area contributed by atoms with E-state index in [-0.39, 0.29) is 0 Å². The summed E-state index contributed by atoms with van der Waals surface area (Å²) in [6.07, 6.45) is 4.74. The smallest absolute Gasteiger partial charge is 0.185 e. The van der Waals surface area contributed by atoms with Gasteiger partial charge in [0.15, 0.2) is 5.13 Å². The van der Waals surface area contributed by atoms with Crippen LogP contribution in [-0.4, -0.2) is 18.1 Å². The number of hydrogen-bond donors (Lipinski definition) is 0. The largest absolute Gasteiger partial charge is 0.348 e. The second-order valence-electron chi connectivity index (χ2n) is 4.89. The maximum atomic E-state index is 4.54. The highest BCUT2D eigenvalue weighted by Gasteiger charge is 2.19. The van der Waals surface area contributed by atoms with Crippen LogP contribution in [-0.2, 0) is 0 Å². The second kappa shape index (κ2) is 4.52. The van der Waals surface area contributed by atoms with Crippen molar-refractivity contribution in [1.29, 1.82) is 0 Å². The molecule has 1 saturated heterocycles. The molecule has 1 aromatic rings. The van der Waals surface area contributed by atoms with Gasteiger partial charge in [-0.05, 0) is 24.7 Å². The van der Waals surface area contributed by atoms with Gasteiger partial charge in [-0.1, -0.05) is 20.8 Å². The molecule has 1 aliphatic heterocycles. The van der Waals surface area contributed by atoms with E-state index in [0.29, 0.717) is 5.92 Å². The van der Waals surface area contributed by atoms with Crippen LogP contribution in [0.3, 0.4) is 0 Å². The van der Waals surface area contributed by atoms with Crippen LogP contribution in [0.4, 0.5) is 5.13 Å². The van der Waals surface area contributed by atoms with Crippen molar-refractivity contribution in [2.45, 2.75) is 39.5 Å². The Labute approximate surface area is 96.3 Å². The Kier molecular flexibility index (Phi) is 3.29. The normalized spacial score (nSPS) is 22.4. The number of thiazole rings is 1. The lowest BCUT2D eigenvalue weighted by Crippen LogP contribution is -2.34. The van der Waals surface area contributed by atoms with Gasteiger partial charge in [0, 0.05) is 24.2 Å². The third kappa shape index (κ3) is 2.51. The molecule has 2 nitrogen and oxygen atoms in total. The van der Waals surface area contributed by atoms with E-state index in [1.807, 2.05) is 17.5 Å². The lowest BCUT2D eigenvalue weighted by molar-refractivity contribution is 0.446. The fourth-order valence-corrected chi connectivity index (χ4v) is 3.01. The van der Waals surface area contributed by atoms with Gasteiger partial charge in [0.05, 0.1) is 0 Å². The summed E-state index contributed by atoms with van der Waals surface area (Å²) in [5, 5.41) is 1.23. The Bertz CT molecular complexity index is 319. The van der Waals surface area contributed by atoms with E-state index in [2.05, 4.69) is 30.7 Å². The van der Waals surface area contributed by atoms with Gasteiger partial charge in [-0.25, -0.2) is 4.98 Å². The predicted octanol–water partition coefficient (Wildman–Crippen LogP) is 3.50. The standard InChI is InChI=1S/C12H20N2S/c1-9(2)11-7-13-12(15-11)14-6-4-5-10(3)8-14/h7,9-10H,4-6,8H2,1-3H3/t10-/m1/s1. The van der Waals surface area contributed by atoms with Gasteiger partial charge in [0.25, 0.3) is 0 Å². The molecule has 0 saturated carbocycles. The Morgan fingerprint density at radius 3 is 2.93 bits per heavy atom. The van der Waals surface area contributed by atoms with E-state index in [0.717, 1.165) is 5.92 Å². The van der Waals surface area contributed by atoms with Crippen LogP contribution >= 0.6 is 11.3 Å². The minimum Gasteiger partial charge on any atom is -0.348 e. The molecule has 84 valence electrons. The Morgan fingerprint density at radius 1 is 1.53 bits per heavy atom. The number of nitrogens with zero attached hydrogens (tertiary/aromatic N) is 2. The van der Waals surface area contributed by atoms with Crippen LogP contribution in [0.5, 0.6) is 0 Å². The molecule has 0 amide bonds. The number of hydrogen-bond acceptors (Lipinski definition) is 3. The topological polar surface area (TPSA) is 16.1 Å². The second-order valence-corrected chi connectivity index (χ2v) is 5.93. The van der Waals surface area contributed by atoms with Crippen LogP contribution in [0.25, 0.3) is 0 Å². The summed E-state index contributed by atoms with van der Waals surface area (Å²) in [7, 11) is 0. The molecule has 0 bridgehead atoms. The number of anilines is 1. The molecule has 1 aliphatic rings. The van der Waals surface area contributed by atoms with Gasteiger partial charge in [0.2, 0.25) is 0 Å². The summed E-state index contributed by atoms with van der Waals surface area (Å²) in [4.78, 5) is 8.39. The lowest BCUT2D eigenvalue weighted by Gasteiger charge is -2.30. The van der Waals surface area contributed by atoms with E-state index in [1.165, 1.54) is 35.9 Å². The molecule has 0 N–H and O–H groups in total. The molecule has 1 atom stereocenters. The fraction of sp³-hybridized carbons (Fsp3) is 0.750. The van der Waals surface area contributed by atoms with E-state index >= 15 is 0 Å². The summed E-state index contributed by atoms with van der Waals surface area (Å²) >= 11 is 1.86.